The van der Waals surface area contributed by atoms with E-state index >= 15 is 0 Å². The number of amides is 1. The van der Waals surface area contributed by atoms with Gasteiger partial charge < -0.3 is 5.32 Å². The number of carbonyl (C=O) groups excluding carboxylic acids is 1. The second kappa shape index (κ2) is 5.90. The molecule has 0 aromatic heterocycles. The fraction of sp³-hybridized carbons (Fsp3) is 0.562. The molecule has 1 aromatic carbocycles. The van der Waals surface area contributed by atoms with E-state index in [1.807, 2.05) is 0 Å². The average Bonchev–Trinajstić information content (AvgIpc) is 2.44. The van der Waals surface area contributed by atoms with Gasteiger partial charge in [-0.2, -0.15) is 0 Å². The predicted molar refractivity (Wildman–Crippen MR) is 74.9 cm³/mol. The number of carbonyl (C=O) groups is 1. The molecule has 0 unspecified atom stereocenters. The molecule has 0 atom stereocenters. The van der Waals surface area contributed by atoms with Crippen LogP contribution in [0.15, 0.2) is 0 Å². The molecule has 0 saturated heterocycles. The lowest BCUT2D eigenvalue weighted by Crippen LogP contribution is -2.37. The molecular weight excluding hydrogens is 260 g/mol. The van der Waals surface area contributed by atoms with Gasteiger partial charge in [0.25, 0.3) is 5.91 Å². The van der Waals surface area contributed by atoms with Gasteiger partial charge in [-0.15, -0.1) is 0 Å². The molecule has 1 saturated carbocycles. The van der Waals surface area contributed by atoms with Gasteiger partial charge in [-0.05, 0) is 50.3 Å². The van der Waals surface area contributed by atoms with Crippen molar-refractivity contribution in [2.45, 2.75) is 58.9 Å². The summed E-state index contributed by atoms with van der Waals surface area (Å²) in [7, 11) is 0. The van der Waals surface area contributed by atoms with Crippen molar-refractivity contribution in [3.63, 3.8) is 0 Å². The maximum atomic E-state index is 14.1. The molecular formula is C16H21F2NO. The van der Waals surface area contributed by atoms with Crippen molar-refractivity contribution in [1.29, 1.82) is 0 Å². The maximum absolute atomic E-state index is 14.1. The summed E-state index contributed by atoms with van der Waals surface area (Å²) in [6.07, 6.45) is 5.17. The van der Waals surface area contributed by atoms with Crippen molar-refractivity contribution >= 4 is 5.91 Å². The van der Waals surface area contributed by atoms with E-state index in [1.54, 1.807) is 13.8 Å². The van der Waals surface area contributed by atoms with E-state index in [1.165, 1.54) is 13.3 Å². The Hall–Kier alpha value is -1.45. The highest BCUT2D eigenvalue weighted by Crippen LogP contribution is 2.25. The van der Waals surface area contributed by atoms with Gasteiger partial charge in [0.1, 0.15) is 0 Å². The zero-order chi connectivity index (χ0) is 14.9. The molecule has 1 aliphatic rings. The number of hydrogen-bond donors (Lipinski definition) is 1. The molecule has 0 radical (unpaired) electrons. The predicted octanol–water partition coefficient (Wildman–Crippen LogP) is 3.95. The highest BCUT2D eigenvalue weighted by molar-refractivity contribution is 5.96. The molecule has 1 N–H and O–H groups in total. The zero-order valence-corrected chi connectivity index (χ0v) is 12.3. The van der Waals surface area contributed by atoms with Gasteiger partial charge in [0.15, 0.2) is 11.6 Å². The minimum atomic E-state index is -1.03. The average molecular weight is 281 g/mol. The van der Waals surface area contributed by atoms with Crippen molar-refractivity contribution in [2.24, 2.45) is 0 Å². The summed E-state index contributed by atoms with van der Waals surface area (Å²) in [6.45, 7) is 4.91. The fourth-order valence-electron chi connectivity index (χ4n) is 2.85. The van der Waals surface area contributed by atoms with Crippen LogP contribution in [0.5, 0.6) is 0 Å². The molecule has 20 heavy (non-hydrogen) atoms. The number of nitrogens with one attached hydrogen (secondary N) is 1. The Morgan fingerprint density at radius 1 is 0.950 bits per heavy atom. The first-order valence-electron chi connectivity index (χ1n) is 7.19. The monoisotopic (exact) mass is 281 g/mol. The van der Waals surface area contributed by atoms with Crippen LogP contribution >= 0.6 is 0 Å². The molecule has 2 nitrogen and oxygen atoms in total. The molecule has 110 valence electrons. The van der Waals surface area contributed by atoms with Crippen LogP contribution in [-0.2, 0) is 0 Å². The Balaban J connectivity index is 2.30. The van der Waals surface area contributed by atoms with E-state index in [0.29, 0.717) is 11.1 Å². The maximum Gasteiger partial charge on any atom is 0.254 e. The summed E-state index contributed by atoms with van der Waals surface area (Å²) in [5.41, 5.74) is 1.29. The number of halogens is 2. The number of rotatable bonds is 2. The number of hydrogen-bond acceptors (Lipinski definition) is 1. The third-order valence-corrected chi connectivity index (χ3v) is 4.41. The van der Waals surface area contributed by atoms with E-state index < -0.39 is 17.5 Å². The summed E-state index contributed by atoms with van der Waals surface area (Å²) in [4.78, 5) is 12.3. The van der Waals surface area contributed by atoms with Gasteiger partial charge >= 0.3 is 0 Å². The van der Waals surface area contributed by atoms with Gasteiger partial charge in [-0.3, -0.25) is 4.79 Å². The van der Waals surface area contributed by atoms with E-state index in [0.717, 1.165) is 25.7 Å². The van der Waals surface area contributed by atoms with Crippen LogP contribution < -0.4 is 5.32 Å². The van der Waals surface area contributed by atoms with Crippen LogP contribution in [0.4, 0.5) is 8.78 Å². The SMILES string of the molecule is Cc1c(C)c(F)c(F)c(C(=O)NC2CCCCC2)c1C. The van der Waals surface area contributed by atoms with Crippen molar-refractivity contribution in [3.8, 4) is 0 Å². The van der Waals surface area contributed by atoms with E-state index in [-0.39, 0.29) is 17.2 Å². The molecule has 1 aromatic rings. The molecule has 0 aliphatic heterocycles. The summed E-state index contributed by atoms with van der Waals surface area (Å²) in [5, 5.41) is 2.85. The first-order chi connectivity index (χ1) is 9.43. The molecule has 1 fully saturated rings. The first-order valence-corrected chi connectivity index (χ1v) is 7.19. The summed E-state index contributed by atoms with van der Waals surface area (Å²) < 4.78 is 27.9. The lowest BCUT2D eigenvalue weighted by atomic mass is 9.93. The Morgan fingerprint density at radius 3 is 2.15 bits per heavy atom. The van der Waals surface area contributed by atoms with Crippen LogP contribution in [-0.4, -0.2) is 11.9 Å². The summed E-state index contributed by atoms with van der Waals surface area (Å²) in [5.74, 6) is -2.44. The van der Waals surface area contributed by atoms with Crippen molar-refractivity contribution < 1.29 is 13.6 Å². The highest BCUT2D eigenvalue weighted by atomic mass is 19.2. The lowest BCUT2D eigenvalue weighted by Gasteiger charge is -2.23. The van der Waals surface area contributed by atoms with Gasteiger partial charge in [0.05, 0.1) is 5.56 Å². The Kier molecular flexibility index (Phi) is 4.41. The first kappa shape index (κ1) is 14.9. The Labute approximate surface area is 118 Å². The largest absolute Gasteiger partial charge is 0.349 e. The van der Waals surface area contributed by atoms with Gasteiger partial charge in [-0.1, -0.05) is 19.3 Å². The van der Waals surface area contributed by atoms with Crippen LogP contribution in [0, 0.1) is 32.4 Å². The van der Waals surface area contributed by atoms with Gasteiger partial charge in [0, 0.05) is 6.04 Å². The standard InChI is InChI=1S/C16H21F2NO/c1-9-10(2)13(15(18)14(17)11(9)3)16(20)19-12-7-5-4-6-8-12/h12H,4-8H2,1-3H3,(H,19,20). The smallest absolute Gasteiger partial charge is 0.254 e. The molecule has 1 amide bonds. The third kappa shape index (κ3) is 2.69. The molecule has 1 aliphatic carbocycles. The Morgan fingerprint density at radius 2 is 1.55 bits per heavy atom. The molecule has 0 bridgehead atoms. The minimum Gasteiger partial charge on any atom is -0.349 e. The lowest BCUT2D eigenvalue weighted by molar-refractivity contribution is 0.0921. The van der Waals surface area contributed by atoms with Crippen LogP contribution in [0.1, 0.15) is 59.2 Å². The second-order valence-electron chi connectivity index (χ2n) is 5.69. The summed E-state index contributed by atoms with van der Waals surface area (Å²) in [6, 6.07) is 0.0831. The molecule has 0 spiro atoms. The van der Waals surface area contributed by atoms with Crippen LogP contribution in [0.2, 0.25) is 0 Å². The topological polar surface area (TPSA) is 29.1 Å². The normalized spacial score (nSPS) is 16.2. The van der Waals surface area contributed by atoms with Crippen LogP contribution in [0.25, 0.3) is 0 Å². The van der Waals surface area contributed by atoms with E-state index in [9.17, 15) is 13.6 Å². The fourth-order valence-corrected chi connectivity index (χ4v) is 2.85. The zero-order valence-electron chi connectivity index (χ0n) is 12.3. The van der Waals surface area contributed by atoms with Crippen molar-refractivity contribution in [1.82, 2.24) is 5.32 Å². The van der Waals surface area contributed by atoms with Crippen molar-refractivity contribution in [3.05, 3.63) is 33.9 Å². The third-order valence-electron chi connectivity index (χ3n) is 4.41. The summed E-state index contributed by atoms with van der Waals surface area (Å²) >= 11 is 0. The number of benzene rings is 1. The van der Waals surface area contributed by atoms with Crippen molar-refractivity contribution in [2.75, 3.05) is 0 Å². The molecule has 0 heterocycles. The van der Waals surface area contributed by atoms with Gasteiger partial charge in [-0.25, -0.2) is 8.78 Å². The highest BCUT2D eigenvalue weighted by Gasteiger charge is 2.25. The van der Waals surface area contributed by atoms with E-state index in [4.69, 9.17) is 0 Å². The second-order valence-corrected chi connectivity index (χ2v) is 5.69. The van der Waals surface area contributed by atoms with Gasteiger partial charge in [0.2, 0.25) is 0 Å². The molecule has 4 heteroatoms. The van der Waals surface area contributed by atoms with Crippen LogP contribution in [0.3, 0.4) is 0 Å². The minimum absolute atomic E-state index is 0.0831. The Bertz CT molecular complexity index is 505. The molecule has 2 rings (SSSR count). The van der Waals surface area contributed by atoms with E-state index in [2.05, 4.69) is 5.32 Å². The quantitative estimate of drug-likeness (QED) is 0.873.